The summed E-state index contributed by atoms with van der Waals surface area (Å²) >= 11 is 1.30. The Morgan fingerprint density at radius 3 is 2.75 bits per heavy atom. The van der Waals surface area contributed by atoms with Crippen molar-refractivity contribution in [3.05, 3.63) is 45.6 Å². The van der Waals surface area contributed by atoms with Crippen molar-refractivity contribution in [3.8, 4) is 10.4 Å². The van der Waals surface area contributed by atoms with Crippen molar-refractivity contribution in [1.29, 1.82) is 0 Å². The second-order valence-electron chi connectivity index (χ2n) is 6.20. The highest BCUT2D eigenvalue weighted by Gasteiger charge is 2.39. The van der Waals surface area contributed by atoms with Crippen LogP contribution in [0.3, 0.4) is 0 Å². The largest absolute Gasteiger partial charge is 0.346 e. The lowest BCUT2D eigenvalue weighted by Crippen LogP contribution is -2.42. The summed E-state index contributed by atoms with van der Waals surface area (Å²) in [5.41, 5.74) is 0.865. The van der Waals surface area contributed by atoms with Crippen molar-refractivity contribution in [2.75, 3.05) is 0 Å². The first-order valence-electron chi connectivity index (χ1n) is 7.88. The number of aromatic nitrogens is 1. The molecule has 2 bridgehead atoms. The number of rotatable bonds is 4. The molecular formula is C16H16N4O3S. The van der Waals surface area contributed by atoms with Crippen LogP contribution in [0, 0.1) is 10.1 Å². The van der Waals surface area contributed by atoms with E-state index in [4.69, 9.17) is 0 Å². The van der Waals surface area contributed by atoms with Crippen molar-refractivity contribution in [2.45, 2.75) is 37.4 Å². The third-order valence-corrected chi connectivity index (χ3v) is 5.72. The summed E-state index contributed by atoms with van der Waals surface area (Å²) < 4.78 is 0. The molecule has 124 valence electrons. The number of thiazole rings is 1. The number of hydrogen-bond acceptors (Lipinski definition) is 6. The maximum absolute atomic E-state index is 12.4. The number of fused-ring (bicyclic) bond motifs is 2. The summed E-state index contributed by atoms with van der Waals surface area (Å²) in [6.45, 7) is 0. The molecule has 1 aromatic heterocycles. The van der Waals surface area contributed by atoms with E-state index in [1.165, 1.54) is 29.9 Å². The number of nitro benzene ring substituents is 1. The zero-order chi connectivity index (χ0) is 16.7. The molecule has 4 rings (SSSR count). The van der Waals surface area contributed by atoms with E-state index in [0.717, 1.165) is 23.3 Å². The normalized spacial score (nSPS) is 24.9. The zero-order valence-electron chi connectivity index (χ0n) is 12.8. The van der Waals surface area contributed by atoms with Gasteiger partial charge < -0.3 is 10.6 Å². The fourth-order valence-electron chi connectivity index (χ4n) is 3.47. The molecule has 0 unspecified atom stereocenters. The molecule has 24 heavy (non-hydrogen) atoms. The predicted molar refractivity (Wildman–Crippen MR) is 90.0 cm³/mol. The standard InChI is InChI=1S/C16H16N4O3S/c21-15(19-13-7-10-3-6-12(13)18-10)16-17-8-14(24-16)9-1-4-11(5-2-9)20(22)23/h1-2,4-5,8,10,12-13,18H,3,6-7H2,(H,19,21)/t10-,12+,13-/m1/s1. The number of non-ortho nitro benzene ring substituents is 1. The highest BCUT2D eigenvalue weighted by Crippen LogP contribution is 2.30. The Morgan fingerprint density at radius 1 is 1.33 bits per heavy atom. The van der Waals surface area contributed by atoms with Gasteiger partial charge >= 0.3 is 0 Å². The number of benzene rings is 1. The molecule has 8 heteroatoms. The minimum atomic E-state index is -0.432. The second kappa shape index (κ2) is 5.95. The summed E-state index contributed by atoms with van der Waals surface area (Å²) in [4.78, 5) is 27.7. The summed E-state index contributed by atoms with van der Waals surface area (Å²) in [7, 11) is 0. The Balaban J connectivity index is 1.46. The molecular weight excluding hydrogens is 328 g/mol. The lowest BCUT2D eigenvalue weighted by atomic mass is 9.95. The van der Waals surface area contributed by atoms with Crippen LogP contribution in [0.5, 0.6) is 0 Å². The highest BCUT2D eigenvalue weighted by atomic mass is 32.1. The van der Waals surface area contributed by atoms with E-state index in [1.54, 1.807) is 18.3 Å². The van der Waals surface area contributed by atoms with Crippen LogP contribution in [0.4, 0.5) is 5.69 Å². The van der Waals surface area contributed by atoms with Gasteiger partial charge in [-0.2, -0.15) is 0 Å². The lowest BCUT2D eigenvalue weighted by Gasteiger charge is -2.20. The SMILES string of the molecule is O=C(N[C@@H]1C[C@H]2CC[C@@H]1N2)c1ncc(-c2ccc([N+](=O)[O-])cc2)s1. The van der Waals surface area contributed by atoms with E-state index in [1.807, 2.05) is 0 Å². The molecule has 0 aliphatic carbocycles. The van der Waals surface area contributed by atoms with Gasteiger partial charge in [-0.3, -0.25) is 14.9 Å². The Kier molecular flexibility index (Phi) is 3.78. The van der Waals surface area contributed by atoms with E-state index in [0.29, 0.717) is 17.1 Å². The van der Waals surface area contributed by atoms with E-state index >= 15 is 0 Å². The third-order valence-electron chi connectivity index (χ3n) is 4.68. The van der Waals surface area contributed by atoms with E-state index < -0.39 is 4.92 Å². The van der Waals surface area contributed by atoms with Crippen LogP contribution in [0.15, 0.2) is 30.5 Å². The average molecular weight is 344 g/mol. The van der Waals surface area contributed by atoms with Gasteiger partial charge in [-0.05, 0) is 37.0 Å². The van der Waals surface area contributed by atoms with Crippen LogP contribution in [-0.2, 0) is 0 Å². The van der Waals surface area contributed by atoms with Crippen molar-refractivity contribution in [2.24, 2.45) is 0 Å². The first-order chi connectivity index (χ1) is 11.6. The van der Waals surface area contributed by atoms with Gasteiger partial charge in [0.25, 0.3) is 11.6 Å². The molecule has 0 spiro atoms. The molecule has 2 N–H and O–H groups in total. The van der Waals surface area contributed by atoms with Crippen LogP contribution in [-0.4, -0.2) is 33.9 Å². The van der Waals surface area contributed by atoms with E-state index in [-0.39, 0.29) is 17.6 Å². The first kappa shape index (κ1) is 15.2. The number of nitro groups is 1. The fraction of sp³-hybridized carbons (Fsp3) is 0.375. The fourth-order valence-corrected chi connectivity index (χ4v) is 4.30. The molecule has 0 radical (unpaired) electrons. The van der Waals surface area contributed by atoms with Crippen molar-refractivity contribution in [3.63, 3.8) is 0 Å². The van der Waals surface area contributed by atoms with Crippen molar-refractivity contribution < 1.29 is 9.72 Å². The molecule has 2 fully saturated rings. The Morgan fingerprint density at radius 2 is 2.12 bits per heavy atom. The van der Waals surface area contributed by atoms with Gasteiger partial charge in [0.05, 0.1) is 9.80 Å². The number of hydrogen-bond donors (Lipinski definition) is 2. The third kappa shape index (κ3) is 2.78. The van der Waals surface area contributed by atoms with Gasteiger partial charge in [0.2, 0.25) is 0 Å². The monoisotopic (exact) mass is 344 g/mol. The second-order valence-corrected chi connectivity index (χ2v) is 7.23. The predicted octanol–water partition coefficient (Wildman–Crippen LogP) is 2.34. The van der Waals surface area contributed by atoms with Gasteiger partial charge in [-0.15, -0.1) is 11.3 Å². The average Bonchev–Trinajstić information content (AvgIpc) is 3.31. The van der Waals surface area contributed by atoms with Crippen molar-refractivity contribution >= 4 is 22.9 Å². The molecule has 3 atom stereocenters. The Hall–Kier alpha value is -2.32. The van der Waals surface area contributed by atoms with Gasteiger partial charge in [-0.1, -0.05) is 0 Å². The molecule has 2 aliphatic rings. The molecule has 2 saturated heterocycles. The molecule has 3 heterocycles. The molecule has 1 aromatic carbocycles. The first-order valence-corrected chi connectivity index (χ1v) is 8.69. The van der Waals surface area contributed by atoms with E-state index in [9.17, 15) is 14.9 Å². The van der Waals surface area contributed by atoms with Crippen molar-refractivity contribution in [1.82, 2.24) is 15.6 Å². The number of amides is 1. The number of nitrogens with zero attached hydrogens (tertiary/aromatic N) is 2. The van der Waals surface area contributed by atoms with Gasteiger partial charge in [-0.25, -0.2) is 4.98 Å². The van der Waals surface area contributed by atoms with Crippen LogP contribution >= 0.6 is 11.3 Å². The quantitative estimate of drug-likeness (QED) is 0.655. The molecule has 2 aliphatic heterocycles. The molecule has 7 nitrogen and oxygen atoms in total. The molecule has 1 amide bonds. The van der Waals surface area contributed by atoms with Crippen LogP contribution in [0.25, 0.3) is 10.4 Å². The highest BCUT2D eigenvalue weighted by molar-refractivity contribution is 7.16. The smallest absolute Gasteiger partial charge is 0.280 e. The number of carbonyl (C=O) groups is 1. The Bertz CT molecular complexity index is 789. The number of nitrogens with one attached hydrogen (secondary N) is 2. The van der Waals surface area contributed by atoms with Crippen LogP contribution < -0.4 is 10.6 Å². The minimum Gasteiger partial charge on any atom is -0.346 e. The number of carbonyl (C=O) groups excluding carboxylic acids is 1. The van der Waals surface area contributed by atoms with E-state index in [2.05, 4.69) is 15.6 Å². The Labute approximate surface area is 142 Å². The summed E-state index contributed by atoms with van der Waals surface area (Å²) in [5, 5.41) is 17.7. The topological polar surface area (TPSA) is 97.2 Å². The summed E-state index contributed by atoms with van der Waals surface area (Å²) in [6, 6.07) is 7.36. The van der Waals surface area contributed by atoms with Gasteiger partial charge in [0.15, 0.2) is 5.01 Å². The van der Waals surface area contributed by atoms with Crippen LogP contribution in [0.2, 0.25) is 0 Å². The summed E-state index contributed by atoms with van der Waals surface area (Å²) in [6.07, 6.45) is 4.93. The molecule has 2 aromatic rings. The summed E-state index contributed by atoms with van der Waals surface area (Å²) in [5.74, 6) is -0.146. The van der Waals surface area contributed by atoms with Gasteiger partial charge in [0, 0.05) is 36.5 Å². The van der Waals surface area contributed by atoms with Crippen LogP contribution in [0.1, 0.15) is 29.1 Å². The zero-order valence-corrected chi connectivity index (χ0v) is 13.6. The van der Waals surface area contributed by atoms with Gasteiger partial charge in [0.1, 0.15) is 0 Å². The maximum atomic E-state index is 12.4. The minimum absolute atomic E-state index is 0.0463. The maximum Gasteiger partial charge on any atom is 0.280 e. The molecule has 0 saturated carbocycles. The lowest BCUT2D eigenvalue weighted by molar-refractivity contribution is -0.384.